The van der Waals surface area contributed by atoms with Crippen LogP contribution >= 0.6 is 0 Å². The van der Waals surface area contributed by atoms with E-state index in [1.807, 2.05) is 20.8 Å². The molecule has 1 rings (SSSR count). The number of likely N-dealkylation sites (tertiary alicyclic amines) is 1. The van der Waals surface area contributed by atoms with Gasteiger partial charge in [-0.3, -0.25) is 9.59 Å². The summed E-state index contributed by atoms with van der Waals surface area (Å²) >= 11 is 0. The number of nitrogens with zero attached hydrogens (tertiary/aromatic N) is 1. The molecule has 5 nitrogen and oxygen atoms in total. The van der Waals surface area contributed by atoms with E-state index in [0.29, 0.717) is 13.0 Å². The van der Waals surface area contributed by atoms with Crippen LogP contribution in [0.5, 0.6) is 0 Å². The number of carbonyl (C=O) groups excluding carboxylic acids is 2. The first-order chi connectivity index (χ1) is 8.30. The van der Waals surface area contributed by atoms with Gasteiger partial charge in [0, 0.05) is 19.5 Å². The molecule has 1 unspecified atom stereocenters. The Morgan fingerprint density at radius 3 is 2.67 bits per heavy atom. The number of rotatable bonds is 4. The van der Waals surface area contributed by atoms with Gasteiger partial charge >= 0.3 is 0 Å². The Balaban J connectivity index is 2.31. The summed E-state index contributed by atoms with van der Waals surface area (Å²) in [5.41, 5.74) is -0.256. The van der Waals surface area contributed by atoms with E-state index in [4.69, 9.17) is 0 Å². The molecule has 0 radical (unpaired) electrons. The van der Waals surface area contributed by atoms with Crippen LogP contribution in [0.4, 0.5) is 0 Å². The summed E-state index contributed by atoms with van der Waals surface area (Å²) in [5, 5.41) is 12.5. The Morgan fingerprint density at radius 1 is 1.44 bits per heavy atom. The van der Waals surface area contributed by atoms with Gasteiger partial charge in [0.2, 0.25) is 11.8 Å². The highest BCUT2D eigenvalue weighted by atomic mass is 16.3. The SMILES string of the molecule is CC(C)(C)C(O)CNC(=O)CN1CCCCC1=O. The molecule has 0 bridgehead atoms. The quantitative estimate of drug-likeness (QED) is 0.770. The van der Waals surface area contributed by atoms with Crippen LogP contribution in [0.15, 0.2) is 0 Å². The van der Waals surface area contributed by atoms with Gasteiger partial charge in [-0.15, -0.1) is 0 Å². The van der Waals surface area contributed by atoms with Crippen molar-refractivity contribution < 1.29 is 14.7 Å². The first-order valence-corrected chi connectivity index (χ1v) is 6.53. The number of aliphatic hydroxyl groups is 1. The summed E-state index contributed by atoms with van der Waals surface area (Å²) in [4.78, 5) is 24.8. The van der Waals surface area contributed by atoms with Crippen LogP contribution in [0, 0.1) is 5.41 Å². The number of piperidine rings is 1. The van der Waals surface area contributed by atoms with Gasteiger partial charge in [-0.25, -0.2) is 0 Å². The van der Waals surface area contributed by atoms with Crippen LogP contribution in [0.25, 0.3) is 0 Å². The second kappa shape index (κ2) is 6.18. The zero-order chi connectivity index (χ0) is 13.8. The topological polar surface area (TPSA) is 69.6 Å². The maximum Gasteiger partial charge on any atom is 0.239 e. The molecule has 1 aliphatic heterocycles. The van der Waals surface area contributed by atoms with Crippen molar-refractivity contribution >= 4 is 11.8 Å². The molecule has 18 heavy (non-hydrogen) atoms. The third-order valence-corrected chi connectivity index (χ3v) is 3.25. The van der Waals surface area contributed by atoms with Gasteiger partial charge in [-0.05, 0) is 18.3 Å². The molecule has 0 aromatic heterocycles. The second-order valence-corrected chi connectivity index (χ2v) is 5.96. The van der Waals surface area contributed by atoms with Gasteiger partial charge in [0.15, 0.2) is 0 Å². The molecule has 2 N–H and O–H groups in total. The van der Waals surface area contributed by atoms with Crippen molar-refractivity contribution in [2.75, 3.05) is 19.6 Å². The number of hydrogen-bond donors (Lipinski definition) is 2. The fraction of sp³-hybridized carbons (Fsp3) is 0.846. The Hall–Kier alpha value is -1.10. The lowest BCUT2D eigenvalue weighted by atomic mass is 9.89. The van der Waals surface area contributed by atoms with Gasteiger partial charge in [-0.2, -0.15) is 0 Å². The van der Waals surface area contributed by atoms with Crippen LogP contribution in [0.2, 0.25) is 0 Å². The number of carbonyl (C=O) groups is 2. The minimum atomic E-state index is -0.585. The molecule has 1 saturated heterocycles. The van der Waals surface area contributed by atoms with Crippen molar-refractivity contribution in [1.82, 2.24) is 10.2 Å². The molecular weight excluding hydrogens is 232 g/mol. The van der Waals surface area contributed by atoms with Gasteiger partial charge in [0.25, 0.3) is 0 Å². The Morgan fingerprint density at radius 2 is 2.11 bits per heavy atom. The molecule has 104 valence electrons. The van der Waals surface area contributed by atoms with E-state index in [2.05, 4.69) is 5.32 Å². The van der Waals surface area contributed by atoms with E-state index in [9.17, 15) is 14.7 Å². The van der Waals surface area contributed by atoms with Crippen molar-refractivity contribution in [3.05, 3.63) is 0 Å². The lowest BCUT2D eigenvalue weighted by Gasteiger charge is -2.28. The van der Waals surface area contributed by atoms with Crippen molar-refractivity contribution in [2.24, 2.45) is 5.41 Å². The Kier molecular flexibility index (Phi) is 5.14. The van der Waals surface area contributed by atoms with E-state index in [1.165, 1.54) is 0 Å². The van der Waals surface area contributed by atoms with E-state index in [0.717, 1.165) is 12.8 Å². The molecule has 2 amide bonds. The molecule has 0 spiro atoms. The standard InChI is InChI=1S/C13H24N2O3/c1-13(2,3)10(16)8-14-11(17)9-15-7-5-4-6-12(15)18/h10,16H,4-9H2,1-3H3,(H,14,17). The number of hydrogen-bond acceptors (Lipinski definition) is 3. The van der Waals surface area contributed by atoms with Gasteiger partial charge < -0.3 is 15.3 Å². The fourth-order valence-electron chi connectivity index (χ4n) is 1.77. The van der Waals surface area contributed by atoms with Crippen LogP contribution < -0.4 is 5.32 Å². The largest absolute Gasteiger partial charge is 0.391 e. The predicted molar refractivity (Wildman–Crippen MR) is 68.9 cm³/mol. The highest BCUT2D eigenvalue weighted by Crippen LogP contribution is 2.18. The van der Waals surface area contributed by atoms with Crippen LogP contribution in [0.3, 0.4) is 0 Å². The zero-order valence-electron chi connectivity index (χ0n) is 11.5. The normalized spacial score (nSPS) is 18.7. The van der Waals surface area contributed by atoms with Crippen molar-refractivity contribution in [3.8, 4) is 0 Å². The molecule has 0 aromatic rings. The number of amides is 2. The number of nitrogens with one attached hydrogen (secondary N) is 1. The fourth-order valence-corrected chi connectivity index (χ4v) is 1.77. The molecule has 1 atom stereocenters. The molecule has 0 aromatic carbocycles. The highest BCUT2D eigenvalue weighted by Gasteiger charge is 2.24. The molecular formula is C13H24N2O3. The lowest BCUT2D eigenvalue weighted by molar-refractivity contribution is -0.138. The third-order valence-electron chi connectivity index (χ3n) is 3.25. The van der Waals surface area contributed by atoms with Crippen LogP contribution in [-0.4, -0.2) is 47.6 Å². The van der Waals surface area contributed by atoms with Crippen molar-refractivity contribution in [2.45, 2.75) is 46.1 Å². The average molecular weight is 256 g/mol. The molecule has 1 fully saturated rings. The van der Waals surface area contributed by atoms with E-state index in [1.54, 1.807) is 4.90 Å². The average Bonchev–Trinajstić information content (AvgIpc) is 2.27. The van der Waals surface area contributed by atoms with E-state index >= 15 is 0 Å². The summed E-state index contributed by atoms with van der Waals surface area (Å²) < 4.78 is 0. The zero-order valence-corrected chi connectivity index (χ0v) is 11.5. The molecule has 0 aliphatic carbocycles. The van der Waals surface area contributed by atoms with E-state index < -0.39 is 6.10 Å². The summed E-state index contributed by atoms with van der Waals surface area (Å²) in [7, 11) is 0. The Labute approximate surface area is 109 Å². The summed E-state index contributed by atoms with van der Waals surface area (Å²) in [6, 6.07) is 0. The van der Waals surface area contributed by atoms with Crippen molar-refractivity contribution in [1.29, 1.82) is 0 Å². The summed E-state index contributed by atoms with van der Waals surface area (Å²) in [6.07, 6.45) is 1.83. The maximum atomic E-state index is 11.7. The first kappa shape index (κ1) is 15.0. The second-order valence-electron chi connectivity index (χ2n) is 5.96. The minimum Gasteiger partial charge on any atom is -0.391 e. The van der Waals surface area contributed by atoms with Crippen LogP contribution in [-0.2, 0) is 9.59 Å². The smallest absolute Gasteiger partial charge is 0.239 e. The first-order valence-electron chi connectivity index (χ1n) is 6.53. The van der Waals surface area contributed by atoms with Crippen molar-refractivity contribution in [3.63, 3.8) is 0 Å². The summed E-state index contributed by atoms with van der Waals surface area (Å²) in [6.45, 7) is 6.74. The highest BCUT2D eigenvalue weighted by molar-refractivity contribution is 5.85. The number of aliphatic hydroxyl groups excluding tert-OH is 1. The summed E-state index contributed by atoms with van der Waals surface area (Å²) in [5.74, 6) is -0.152. The van der Waals surface area contributed by atoms with Gasteiger partial charge in [0.05, 0.1) is 12.6 Å². The molecule has 1 heterocycles. The lowest BCUT2D eigenvalue weighted by Crippen LogP contribution is -2.46. The van der Waals surface area contributed by atoms with Crippen LogP contribution in [0.1, 0.15) is 40.0 Å². The Bertz CT molecular complexity index is 310. The predicted octanol–water partition coefficient (Wildman–Crippen LogP) is 0.522. The monoisotopic (exact) mass is 256 g/mol. The minimum absolute atomic E-state index is 0.0489. The molecule has 0 saturated carbocycles. The molecule has 5 heteroatoms. The third kappa shape index (κ3) is 4.64. The van der Waals surface area contributed by atoms with Gasteiger partial charge in [0.1, 0.15) is 0 Å². The van der Waals surface area contributed by atoms with E-state index in [-0.39, 0.29) is 30.3 Å². The molecule has 1 aliphatic rings. The van der Waals surface area contributed by atoms with Gasteiger partial charge in [-0.1, -0.05) is 20.8 Å². The maximum absolute atomic E-state index is 11.7.